The Bertz CT molecular complexity index is 1110. The Morgan fingerprint density at radius 3 is 2.67 bits per heavy atom. The molecule has 1 aliphatic heterocycles. The molecule has 0 atom stereocenters. The second-order valence-electron chi connectivity index (χ2n) is 6.62. The van der Waals surface area contributed by atoms with E-state index in [4.69, 9.17) is 4.74 Å². The topological polar surface area (TPSA) is 85.3 Å². The van der Waals surface area contributed by atoms with E-state index in [9.17, 15) is 8.42 Å². The summed E-state index contributed by atoms with van der Waals surface area (Å²) in [5.74, 6) is 1.17. The van der Waals surface area contributed by atoms with E-state index >= 15 is 0 Å². The van der Waals surface area contributed by atoms with Gasteiger partial charge in [-0.25, -0.2) is 12.7 Å². The lowest BCUT2D eigenvalue weighted by Gasteiger charge is -2.17. The molecule has 0 radical (unpaired) electrons. The molecule has 2 aliphatic rings. The van der Waals surface area contributed by atoms with Crippen molar-refractivity contribution in [1.29, 1.82) is 0 Å². The number of rotatable bonds is 4. The first kappa shape index (κ1) is 16.2. The van der Waals surface area contributed by atoms with Crippen LogP contribution in [0.3, 0.4) is 0 Å². The van der Waals surface area contributed by atoms with Crippen LogP contribution in [-0.4, -0.2) is 23.4 Å². The number of benzene rings is 1. The molecule has 136 valence electrons. The predicted octanol–water partition coefficient (Wildman–Crippen LogP) is 3.25. The van der Waals surface area contributed by atoms with Crippen LogP contribution in [0.1, 0.15) is 30.0 Å². The molecule has 27 heavy (non-hydrogen) atoms. The highest BCUT2D eigenvalue weighted by Gasteiger charge is 2.37. The van der Waals surface area contributed by atoms with Crippen molar-refractivity contribution in [2.45, 2.75) is 30.2 Å². The van der Waals surface area contributed by atoms with Gasteiger partial charge in [-0.05, 0) is 36.6 Å². The third-order valence-corrected chi connectivity index (χ3v) is 6.51. The van der Waals surface area contributed by atoms with Crippen LogP contribution in [-0.2, 0) is 16.6 Å². The Labute approximate surface area is 156 Å². The van der Waals surface area contributed by atoms with Gasteiger partial charge in [-0.15, -0.1) is 0 Å². The van der Waals surface area contributed by atoms with Gasteiger partial charge in [0.2, 0.25) is 0 Å². The molecule has 1 fully saturated rings. The smallest absolute Gasteiger partial charge is 0.324 e. The third kappa shape index (κ3) is 2.91. The molecule has 0 N–H and O–H groups in total. The van der Waals surface area contributed by atoms with Crippen LogP contribution in [0, 0.1) is 0 Å². The van der Waals surface area contributed by atoms with Crippen molar-refractivity contribution in [3.8, 4) is 11.8 Å². The van der Waals surface area contributed by atoms with Crippen LogP contribution < -0.4 is 9.04 Å². The van der Waals surface area contributed by atoms with Crippen LogP contribution >= 0.6 is 0 Å². The van der Waals surface area contributed by atoms with Crippen LogP contribution in [0.4, 0.5) is 5.82 Å². The number of anilines is 1. The Hall–Kier alpha value is -3.00. The van der Waals surface area contributed by atoms with E-state index in [1.807, 2.05) is 12.1 Å². The summed E-state index contributed by atoms with van der Waals surface area (Å²) in [5, 5.41) is 0. The summed E-state index contributed by atoms with van der Waals surface area (Å²) in [6, 6.07) is 12.4. The second kappa shape index (κ2) is 6.02. The normalized spacial score (nSPS) is 17.6. The molecule has 5 rings (SSSR count). The zero-order valence-electron chi connectivity index (χ0n) is 14.3. The molecule has 0 saturated heterocycles. The lowest BCUT2D eigenvalue weighted by molar-refractivity contribution is 0.438. The van der Waals surface area contributed by atoms with Crippen molar-refractivity contribution in [3.63, 3.8) is 0 Å². The molecule has 7 nitrogen and oxygen atoms in total. The molecule has 3 aromatic rings. The summed E-state index contributed by atoms with van der Waals surface area (Å²) < 4.78 is 33.0. The Balaban J connectivity index is 1.56. The monoisotopic (exact) mass is 380 g/mol. The minimum atomic E-state index is -3.64. The van der Waals surface area contributed by atoms with Gasteiger partial charge in [-0.3, -0.25) is 4.98 Å². The zero-order chi connectivity index (χ0) is 18.4. The minimum Gasteiger partial charge on any atom is -0.423 e. The summed E-state index contributed by atoms with van der Waals surface area (Å²) in [6.45, 7) is 0.256. The van der Waals surface area contributed by atoms with Crippen molar-refractivity contribution in [1.82, 2.24) is 15.0 Å². The summed E-state index contributed by atoms with van der Waals surface area (Å²) in [7, 11) is -3.64. The number of ether oxygens (including phenoxy) is 1. The highest BCUT2D eigenvalue weighted by molar-refractivity contribution is 7.93. The van der Waals surface area contributed by atoms with Gasteiger partial charge < -0.3 is 4.74 Å². The van der Waals surface area contributed by atoms with Gasteiger partial charge in [0.25, 0.3) is 10.0 Å². The average molecular weight is 380 g/mol. The second-order valence-corrected chi connectivity index (χ2v) is 8.45. The first-order valence-electron chi connectivity index (χ1n) is 8.69. The van der Waals surface area contributed by atoms with Gasteiger partial charge in [-0.2, -0.15) is 9.97 Å². The Morgan fingerprint density at radius 2 is 1.93 bits per heavy atom. The van der Waals surface area contributed by atoms with Crippen molar-refractivity contribution in [2.75, 3.05) is 4.31 Å². The molecule has 3 heterocycles. The SMILES string of the molecule is O=S1(=O)c2ccccc2CN1c1cc(C2CC2)nc(Oc2cccnc2)n1. The molecule has 0 unspecified atom stereocenters. The molecule has 8 heteroatoms. The minimum absolute atomic E-state index is 0.133. The molecule has 1 saturated carbocycles. The standard InChI is InChI=1S/C19H16N4O3S/c24-27(25)17-6-2-1-4-14(17)12-23(27)18-10-16(13-7-8-13)21-19(22-18)26-15-5-3-9-20-11-15/h1-6,9-11,13H,7-8,12H2. The fourth-order valence-electron chi connectivity index (χ4n) is 3.15. The van der Waals surface area contributed by atoms with E-state index in [1.165, 1.54) is 4.31 Å². The van der Waals surface area contributed by atoms with E-state index < -0.39 is 10.0 Å². The maximum atomic E-state index is 13.0. The van der Waals surface area contributed by atoms with E-state index in [1.54, 1.807) is 42.7 Å². The fraction of sp³-hybridized carbons (Fsp3) is 0.211. The van der Waals surface area contributed by atoms with E-state index in [0.717, 1.165) is 24.1 Å². The molecule has 2 aromatic heterocycles. The molecular formula is C19H16N4O3S. The quantitative estimate of drug-likeness (QED) is 0.691. The van der Waals surface area contributed by atoms with Crippen molar-refractivity contribution in [2.24, 2.45) is 0 Å². The predicted molar refractivity (Wildman–Crippen MR) is 98.1 cm³/mol. The maximum Gasteiger partial charge on any atom is 0.324 e. The van der Waals surface area contributed by atoms with Crippen molar-refractivity contribution >= 4 is 15.8 Å². The zero-order valence-corrected chi connectivity index (χ0v) is 15.1. The first-order chi connectivity index (χ1) is 13.1. The van der Waals surface area contributed by atoms with Crippen molar-refractivity contribution in [3.05, 3.63) is 66.1 Å². The highest BCUT2D eigenvalue weighted by Crippen LogP contribution is 2.42. The number of pyridine rings is 1. The lowest BCUT2D eigenvalue weighted by atomic mass is 10.2. The maximum absolute atomic E-state index is 13.0. The number of sulfonamides is 1. The number of aromatic nitrogens is 3. The number of hydrogen-bond donors (Lipinski definition) is 0. The average Bonchev–Trinajstić information content (AvgIpc) is 3.48. The van der Waals surface area contributed by atoms with Crippen molar-refractivity contribution < 1.29 is 13.2 Å². The van der Waals surface area contributed by atoms with E-state index in [-0.39, 0.29) is 12.6 Å². The Kier molecular flexibility index (Phi) is 3.61. The molecule has 1 aromatic carbocycles. The van der Waals surface area contributed by atoms with Crippen LogP contribution in [0.15, 0.2) is 59.8 Å². The summed E-state index contributed by atoms with van der Waals surface area (Å²) in [6.07, 6.45) is 5.29. The van der Waals surface area contributed by atoms with Gasteiger partial charge in [0.05, 0.1) is 23.3 Å². The molecule has 0 amide bonds. The molecule has 0 spiro atoms. The highest BCUT2D eigenvalue weighted by atomic mass is 32.2. The van der Waals surface area contributed by atoms with Crippen LogP contribution in [0.25, 0.3) is 0 Å². The summed E-state index contributed by atoms with van der Waals surface area (Å²) >= 11 is 0. The number of fused-ring (bicyclic) bond motifs is 1. The van der Waals surface area contributed by atoms with Crippen LogP contribution in [0.2, 0.25) is 0 Å². The van der Waals surface area contributed by atoms with Gasteiger partial charge in [0.1, 0.15) is 11.6 Å². The number of nitrogens with zero attached hydrogens (tertiary/aromatic N) is 4. The molecule has 1 aliphatic carbocycles. The van der Waals surface area contributed by atoms with Gasteiger partial charge in [-0.1, -0.05) is 18.2 Å². The Morgan fingerprint density at radius 1 is 1.07 bits per heavy atom. The lowest BCUT2D eigenvalue weighted by Crippen LogP contribution is -2.25. The largest absolute Gasteiger partial charge is 0.423 e. The fourth-order valence-corrected chi connectivity index (χ4v) is 4.75. The molecular weight excluding hydrogens is 364 g/mol. The molecule has 0 bridgehead atoms. The first-order valence-corrected chi connectivity index (χ1v) is 10.1. The van der Waals surface area contributed by atoms with Gasteiger partial charge >= 0.3 is 6.01 Å². The van der Waals surface area contributed by atoms with Crippen LogP contribution in [0.5, 0.6) is 11.8 Å². The number of hydrogen-bond acceptors (Lipinski definition) is 6. The van der Waals surface area contributed by atoms with Gasteiger partial charge in [0.15, 0.2) is 0 Å². The van der Waals surface area contributed by atoms with E-state index in [2.05, 4.69) is 15.0 Å². The summed E-state index contributed by atoms with van der Waals surface area (Å²) in [5.41, 5.74) is 1.57. The van der Waals surface area contributed by atoms with E-state index in [0.29, 0.717) is 22.4 Å². The van der Waals surface area contributed by atoms with Gasteiger partial charge in [0, 0.05) is 18.2 Å². The third-order valence-electron chi connectivity index (χ3n) is 4.66. The summed E-state index contributed by atoms with van der Waals surface area (Å²) in [4.78, 5) is 13.2.